The highest BCUT2D eigenvalue weighted by molar-refractivity contribution is 7.08. The number of carbonyl (C=O) groups excluding carboxylic acids is 2. The van der Waals surface area contributed by atoms with Crippen molar-refractivity contribution >= 4 is 51.4 Å². The molecule has 3 heterocycles. The average Bonchev–Trinajstić information content (AvgIpc) is 3.50. The van der Waals surface area contributed by atoms with Gasteiger partial charge < -0.3 is 10.6 Å². The molecule has 2 N–H and O–H groups in total. The van der Waals surface area contributed by atoms with Gasteiger partial charge in [-0.25, -0.2) is 15.0 Å². The van der Waals surface area contributed by atoms with Gasteiger partial charge >= 0.3 is 0 Å². The first-order chi connectivity index (χ1) is 16.5. The fourth-order valence-corrected chi connectivity index (χ4v) is 4.18. The van der Waals surface area contributed by atoms with Crippen molar-refractivity contribution in [2.75, 3.05) is 10.6 Å². The lowest BCUT2D eigenvalue weighted by Crippen LogP contribution is -2.05. The van der Waals surface area contributed by atoms with Crippen LogP contribution >= 0.6 is 11.3 Å². The summed E-state index contributed by atoms with van der Waals surface area (Å²) in [5, 5.41) is 10.1. The van der Waals surface area contributed by atoms with Crippen molar-refractivity contribution < 1.29 is 9.59 Å². The normalized spacial score (nSPS) is 10.9. The Morgan fingerprint density at radius 2 is 1.76 bits per heavy atom. The second kappa shape index (κ2) is 8.87. The third-order valence-electron chi connectivity index (χ3n) is 5.18. The molecule has 3 aromatic heterocycles. The van der Waals surface area contributed by atoms with Gasteiger partial charge in [0, 0.05) is 34.8 Å². The molecule has 0 fully saturated rings. The van der Waals surface area contributed by atoms with Crippen molar-refractivity contribution in [2.24, 2.45) is 0 Å². The fourth-order valence-electron chi connectivity index (χ4n) is 3.55. The first-order valence-corrected chi connectivity index (χ1v) is 11.5. The lowest BCUT2D eigenvalue weighted by Gasteiger charge is -2.11. The van der Waals surface area contributed by atoms with E-state index in [4.69, 9.17) is 9.97 Å². The van der Waals surface area contributed by atoms with E-state index in [2.05, 4.69) is 15.6 Å². The molecule has 1 amide bonds. The summed E-state index contributed by atoms with van der Waals surface area (Å²) in [4.78, 5) is 37.4. The number of imidazole rings is 1. The molecular weight excluding hydrogens is 448 g/mol. The topological polar surface area (TPSA) is 102 Å². The molecule has 0 atom stereocenters. The van der Waals surface area contributed by atoms with Crippen molar-refractivity contribution in [2.45, 2.75) is 13.8 Å². The maximum Gasteiger partial charge on any atom is 0.221 e. The van der Waals surface area contributed by atoms with E-state index in [1.165, 1.54) is 13.8 Å². The molecule has 0 aliphatic carbocycles. The number of thiophene rings is 1. The number of anilines is 3. The van der Waals surface area contributed by atoms with Gasteiger partial charge in [-0.2, -0.15) is 11.3 Å². The Hall–Kier alpha value is -4.37. The molecule has 0 aliphatic heterocycles. The molecule has 0 bridgehead atoms. The molecule has 0 saturated heterocycles. The third-order valence-corrected chi connectivity index (χ3v) is 5.85. The standard InChI is InChI=1S/C25H20N6O2S/c1-15(32)17-4-3-5-18(12-17)23-29-24(28-20-8-6-19(7-9-20)27-16(2)33)22-25(30-23)31(14-26-22)21-10-11-34-13-21/h3-14H,1-2H3,(H,27,33)(H,28,29,30). The number of benzene rings is 2. The summed E-state index contributed by atoms with van der Waals surface area (Å²) in [6.07, 6.45) is 1.72. The van der Waals surface area contributed by atoms with Crippen LogP contribution in [-0.4, -0.2) is 31.2 Å². The quantitative estimate of drug-likeness (QED) is 0.321. The number of fused-ring (bicyclic) bond motifs is 1. The molecule has 168 valence electrons. The molecule has 0 unspecified atom stereocenters. The van der Waals surface area contributed by atoms with E-state index in [0.717, 1.165) is 16.9 Å². The van der Waals surface area contributed by atoms with Crippen LogP contribution < -0.4 is 10.6 Å². The molecule has 0 radical (unpaired) electrons. The number of aromatic nitrogens is 4. The predicted molar refractivity (Wildman–Crippen MR) is 134 cm³/mol. The van der Waals surface area contributed by atoms with E-state index >= 15 is 0 Å². The molecule has 5 rings (SSSR count). The second-order valence-electron chi connectivity index (χ2n) is 7.68. The van der Waals surface area contributed by atoms with Crippen LogP contribution in [0.15, 0.2) is 71.7 Å². The summed E-state index contributed by atoms with van der Waals surface area (Å²) in [6, 6.07) is 16.6. The van der Waals surface area contributed by atoms with E-state index in [9.17, 15) is 9.59 Å². The maximum absolute atomic E-state index is 11.9. The smallest absolute Gasteiger partial charge is 0.221 e. The monoisotopic (exact) mass is 468 g/mol. The molecule has 5 aromatic rings. The molecule has 9 heteroatoms. The number of Topliss-reactive ketones (excluding diaryl/α,β-unsaturated/α-hetero) is 1. The van der Waals surface area contributed by atoms with Crippen LogP contribution in [0.1, 0.15) is 24.2 Å². The Labute approximate surface area is 199 Å². The van der Waals surface area contributed by atoms with Crippen LogP contribution in [-0.2, 0) is 4.79 Å². The number of amides is 1. The zero-order valence-corrected chi connectivity index (χ0v) is 19.3. The predicted octanol–water partition coefficient (Wildman–Crippen LogP) is 5.45. The first-order valence-electron chi connectivity index (χ1n) is 10.5. The van der Waals surface area contributed by atoms with Gasteiger partial charge in [0.05, 0.1) is 5.69 Å². The van der Waals surface area contributed by atoms with Crippen LogP contribution in [0.25, 0.3) is 28.2 Å². The molecule has 2 aromatic carbocycles. The lowest BCUT2D eigenvalue weighted by molar-refractivity contribution is -0.114. The van der Waals surface area contributed by atoms with Crippen LogP contribution in [0, 0.1) is 0 Å². The number of carbonyl (C=O) groups is 2. The lowest BCUT2D eigenvalue weighted by atomic mass is 10.1. The largest absolute Gasteiger partial charge is 0.338 e. The number of rotatable bonds is 6. The van der Waals surface area contributed by atoms with Crippen LogP contribution in [0.2, 0.25) is 0 Å². The van der Waals surface area contributed by atoms with Gasteiger partial charge in [0.2, 0.25) is 5.91 Å². The highest BCUT2D eigenvalue weighted by atomic mass is 32.1. The molecule has 0 spiro atoms. The minimum absolute atomic E-state index is 0.0242. The molecule has 8 nitrogen and oxygen atoms in total. The van der Waals surface area contributed by atoms with E-state index in [1.807, 2.05) is 57.8 Å². The van der Waals surface area contributed by atoms with Crippen molar-refractivity contribution in [1.29, 1.82) is 0 Å². The Kier molecular flexibility index (Phi) is 5.60. The van der Waals surface area contributed by atoms with Crippen molar-refractivity contribution in [1.82, 2.24) is 19.5 Å². The Morgan fingerprint density at radius 3 is 2.47 bits per heavy atom. The Bertz CT molecular complexity index is 1510. The first kappa shape index (κ1) is 21.5. The molecule has 0 aliphatic rings. The molecular formula is C25H20N6O2S. The van der Waals surface area contributed by atoms with Gasteiger partial charge in [-0.15, -0.1) is 0 Å². The maximum atomic E-state index is 11.9. The summed E-state index contributed by atoms with van der Waals surface area (Å²) in [5.41, 5.74) is 5.03. The highest BCUT2D eigenvalue weighted by Gasteiger charge is 2.16. The Balaban J connectivity index is 1.62. The second-order valence-corrected chi connectivity index (χ2v) is 8.46. The zero-order chi connectivity index (χ0) is 23.7. The Morgan fingerprint density at radius 1 is 0.971 bits per heavy atom. The highest BCUT2D eigenvalue weighted by Crippen LogP contribution is 2.29. The summed E-state index contributed by atoms with van der Waals surface area (Å²) >= 11 is 1.59. The SMILES string of the molecule is CC(=O)Nc1ccc(Nc2nc(-c3cccc(C(C)=O)c3)nc3c2ncn3-c2ccsc2)cc1. The van der Waals surface area contributed by atoms with Crippen molar-refractivity contribution in [3.8, 4) is 17.1 Å². The van der Waals surface area contributed by atoms with Gasteiger partial charge in [-0.05, 0) is 48.7 Å². The summed E-state index contributed by atoms with van der Waals surface area (Å²) in [5.74, 6) is 0.859. The van der Waals surface area contributed by atoms with Gasteiger partial charge in [-0.3, -0.25) is 14.2 Å². The summed E-state index contributed by atoms with van der Waals surface area (Å²) in [7, 11) is 0. The van der Waals surface area contributed by atoms with Crippen LogP contribution in [0.3, 0.4) is 0 Å². The molecule has 34 heavy (non-hydrogen) atoms. The fraction of sp³-hybridized carbons (Fsp3) is 0.0800. The van der Waals surface area contributed by atoms with Crippen LogP contribution in [0.4, 0.5) is 17.2 Å². The van der Waals surface area contributed by atoms with Gasteiger partial charge in [-0.1, -0.05) is 18.2 Å². The van der Waals surface area contributed by atoms with E-state index in [0.29, 0.717) is 34.1 Å². The third kappa shape index (κ3) is 4.28. The van der Waals surface area contributed by atoms with Gasteiger partial charge in [0.1, 0.15) is 6.33 Å². The minimum Gasteiger partial charge on any atom is -0.338 e. The summed E-state index contributed by atoms with van der Waals surface area (Å²) < 4.78 is 1.91. The van der Waals surface area contributed by atoms with E-state index < -0.39 is 0 Å². The van der Waals surface area contributed by atoms with E-state index in [-0.39, 0.29) is 11.7 Å². The number of ketones is 1. The zero-order valence-electron chi connectivity index (χ0n) is 18.4. The van der Waals surface area contributed by atoms with Crippen LogP contribution in [0.5, 0.6) is 0 Å². The number of nitrogens with zero attached hydrogens (tertiary/aromatic N) is 4. The van der Waals surface area contributed by atoms with Crippen molar-refractivity contribution in [3.05, 3.63) is 77.2 Å². The number of nitrogens with one attached hydrogen (secondary N) is 2. The molecule has 0 saturated carbocycles. The van der Waals surface area contributed by atoms with Gasteiger partial charge in [0.15, 0.2) is 28.6 Å². The summed E-state index contributed by atoms with van der Waals surface area (Å²) in [6.45, 7) is 3.00. The van der Waals surface area contributed by atoms with E-state index in [1.54, 1.807) is 29.8 Å². The average molecular weight is 469 g/mol. The van der Waals surface area contributed by atoms with Crippen molar-refractivity contribution in [3.63, 3.8) is 0 Å². The number of hydrogen-bond donors (Lipinski definition) is 2. The number of hydrogen-bond acceptors (Lipinski definition) is 7. The minimum atomic E-state index is -0.130. The van der Waals surface area contributed by atoms with Gasteiger partial charge in [0.25, 0.3) is 0 Å².